The van der Waals surface area contributed by atoms with E-state index >= 15 is 0 Å². The second-order valence-corrected chi connectivity index (χ2v) is 8.63. The fourth-order valence-corrected chi connectivity index (χ4v) is 6.04. The third-order valence-electron chi connectivity index (χ3n) is 2.79. The standard InChI is InChI=1S/C10H11Br3S/c11-8(4-6-2-1-3-6)7-5-9(12)14-10(7)13/h5-6,8H,1-4H2. The van der Waals surface area contributed by atoms with E-state index in [0.29, 0.717) is 4.83 Å². The molecule has 1 aromatic rings. The van der Waals surface area contributed by atoms with Crippen LogP contribution >= 0.6 is 59.1 Å². The Balaban J connectivity index is 2.02. The van der Waals surface area contributed by atoms with Crippen LogP contribution in [0.4, 0.5) is 0 Å². The lowest BCUT2D eigenvalue weighted by atomic mass is 9.81. The number of thiophene rings is 1. The van der Waals surface area contributed by atoms with E-state index in [9.17, 15) is 0 Å². The van der Waals surface area contributed by atoms with E-state index in [4.69, 9.17) is 0 Å². The zero-order chi connectivity index (χ0) is 10.1. The summed E-state index contributed by atoms with van der Waals surface area (Å²) in [5.74, 6) is 0.949. The van der Waals surface area contributed by atoms with E-state index in [2.05, 4.69) is 53.9 Å². The summed E-state index contributed by atoms with van der Waals surface area (Å²) in [6, 6.07) is 2.22. The Morgan fingerprint density at radius 3 is 2.57 bits per heavy atom. The molecule has 2 rings (SSSR count). The Hall–Kier alpha value is 1.14. The van der Waals surface area contributed by atoms with Crippen LogP contribution in [-0.4, -0.2) is 0 Å². The molecule has 0 bridgehead atoms. The molecule has 1 aliphatic rings. The van der Waals surface area contributed by atoms with E-state index in [1.54, 1.807) is 11.3 Å². The molecule has 1 atom stereocenters. The van der Waals surface area contributed by atoms with Gasteiger partial charge in [-0.25, -0.2) is 0 Å². The van der Waals surface area contributed by atoms with Gasteiger partial charge in [0.25, 0.3) is 0 Å². The molecule has 0 saturated heterocycles. The maximum absolute atomic E-state index is 3.78. The number of hydrogen-bond acceptors (Lipinski definition) is 1. The first-order valence-corrected chi connectivity index (χ1v) is 8.07. The second kappa shape index (κ2) is 4.98. The molecule has 1 unspecified atom stereocenters. The topological polar surface area (TPSA) is 0 Å². The quantitative estimate of drug-likeness (QED) is 0.552. The van der Waals surface area contributed by atoms with Crippen LogP contribution < -0.4 is 0 Å². The maximum atomic E-state index is 3.78. The zero-order valence-electron chi connectivity index (χ0n) is 7.60. The van der Waals surface area contributed by atoms with Crippen LogP contribution in [0.3, 0.4) is 0 Å². The fourth-order valence-electron chi connectivity index (χ4n) is 1.71. The fraction of sp³-hybridized carbons (Fsp3) is 0.600. The van der Waals surface area contributed by atoms with Gasteiger partial charge in [0.2, 0.25) is 0 Å². The highest BCUT2D eigenvalue weighted by Crippen LogP contribution is 2.44. The van der Waals surface area contributed by atoms with Crippen molar-refractivity contribution in [2.45, 2.75) is 30.5 Å². The summed E-state index contributed by atoms with van der Waals surface area (Å²) < 4.78 is 2.46. The largest absolute Gasteiger partial charge is 0.121 e. The third-order valence-corrected chi connectivity index (χ3v) is 6.04. The molecule has 78 valence electrons. The van der Waals surface area contributed by atoms with Gasteiger partial charge in [-0.2, -0.15) is 0 Å². The van der Waals surface area contributed by atoms with Crippen molar-refractivity contribution in [2.24, 2.45) is 5.92 Å². The normalized spacial score (nSPS) is 19.4. The van der Waals surface area contributed by atoms with Gasteiger partial charge in [-0.3, -0.25) is 0 Å². The van der Waals surface area contributed by atoms with Crippen molar-refractivity contribution in [1.29, 1.82) is 0 Å². The van der Waals surface area contributed by atoms with Crippen LogP contribution in [0.15, 0.2) is 13.6 Å². The highest BCUT2D eigenvalue weighted by atomic mass is 79.9. The second-order valence-electron chi connectivity index (χ2n) is 3.78. The first-order valence-electron chi connectivity index (χ1n) is 4.75. The number of rotatable bonds is 3. The van der Waals surface area contributed by atoms with Gasteiger partial charge >= 0.3 is 0 Å². The monoisotopic (exact) mass is 400 g/mol. The molecule has 0 nitrogen and oxygen atoms in total. The van der Waals surface area contributed by atoms with Crippen molar-refractivity contribution in [3.05, 3.63) is 19.2 Å². The molecule has 0 amide bonds. The molecule has 0 aromatic carbocycles. The lowest BCUT2D eigenvalue weighted by Gasteiger charge is -2.27. The smallest absolute Gasteiger partial charge is 0.0753 e. The van der Waals surface area contributed by atoms with Gasteiger partial charge in [0.05, 0.1) is 7.57 Å². The molecular weight excluding hydrogens is 392 g/mol. The Labute approximate surface area is 114 Å². The Kier molecular flexibility index (Phi) is 4.13. The first-order chi connectivity index (χ1) is 6.66. The molecular formula is C10H11Br3S. The Bertz CT molecular complexity index is 317. The maximum Gasteiger partial charge on any atom is 0.0753 e. The van der Waals surface area contributed by atoms with Gasteiger partial charge in [-0.05, 0) is 55.8 Å². The lowest BCUT2D eigenvalue weighted by Crippen LogP contribution is -2.12. The molecule has 1 fully saturated rings. The third kappa shape index (κ3) is 2.63. The molecule has 1 aromatic heterocycles. The minimum absolute atomic E-state index is 0.518. The summed E-state index contributed by atoms with van der Waals surface area (Å²) in [7, 11) is 0. The SMILES string of the molecule is Brc1cc(C(Br)CC2CCC2)c(Br)s1. The molecule has 1 heterocycles. The van der Waals surface area contributed by atoms with E-state index in [-0.39, 0.29) is 0 Å². The van der Waals surface area contributed by atoms with Crippen molar-refractivity contribution in [2.75, 3.05) is 0 Å². The summed E-state index contributed by atoms with van der Waals surface area (Å²) in [6.45, 7) is 0. The van der Waals surface area contributed by atoms with Crippen LogP contribution in [0, 0.1) is 5.92 Å². The van der Waals surface area contributed by atoms with E-state index in [0.717, 1.165) is 5.92 Å². The molecule has 0 spiro atoms. The molecule has 0 N–H and O–H groups in total. The summed E-state index contributed by atoms with van der Waals surface area (Å²) >= 11 is 12.7. The van der Waals surface area contributed by atoms with Gasteiger partial charge in [-0.1, -0.05) is 35.2 Å². The molecule has 0 aliphatic heterocycles. The van der Waals surface area contributed by atoms with Crippen molar-refractivity contribution < 1.29 is 0 Å². The predicted octanol–water partition coefficient (Wildman–Crippen LogP) is 5.90. The number of hydrogen-bond donors (Lipinski definition) is 0. The Morgan fingerprint density at radius 2 is 2.14 bits per heavy atom. The molecule has 4 heteroatoms. The van der Waals surface area contributed by atoms with Crippen molar-refractivity contribution in [3.63, 3.8) is 0 Å². The minimum atomic E-state index is 0.518. The van der Waals surface area contributed by atoms with Crippen LogP contribution in [0.2, 0.25) is 0 Å². The summed E-state index contributed by atoms with van der Waals surface area (Å²) in [6.07, 6.45) is 5.55. The summed E-state index contributed by atoms with van der Waals surface area (Å²) in [5.41, 5.74) is 1.40. The zero-order valence-corrected chi connectivity index (χ0v) is 13.2. The van der Waals surface area contributed by atoms with Crippen LogP contribution in [0.5, 0.6) is 0 Å². The van der Waals surface area contributed by atoms with Gasteiger partial charge in [0.15, 0.2) is 0 Å². The van der Waals surface area contributed by atoms with Crippen molar-refractivity contribution in [1.82, 2.24) is 0 Å². The van der Waals surface area contributed by atoms with Crippen LogP contribution in [0.1, 0.15) is 36.1 Å². The lowest BCUT2D eigenvalue weighted by molar-refractivity contribution is 0.295. The molecule has 0 radical (unpaired) electrons. The van der Waals surface area contributed by atoms with Crippen molar-refractivity contribution in [3.8, 4) is 0 Å². The van der Waals surface area contributed by atoms with E-state index in [1.807, 2.05) is 0 Å². The first kappa shape index (κ1) is 11.6. The highest BCUT2D eigenvalue weighted by Gasteiger charge is 2.23. The summed E-state index contributed by atoms with van der Waals surface area (Å²) in [5, 5.41) is 0. The predicted molar refractivity (Wildman–Crippen MR) is 73.3 cm³/mol. The average molecular weight is 403 g/mol. The van der Waals surface area contributed by atoms with Crippen molar-refractivity contribution >= 4 is 59.1 Å². The van der Waals surface area contributed by atoms with Gasteiger partial charge in [-0.15, -0.1) is 11.3 Å². The molecule has 1 aliphatic carbocycles. The number of halogens is 3. The minimum Gasteiger partial charge on any atom is -0.121 e. The summed E-state index contributed by atoms with van der Waals surface area (Å²) in [4.78, 5) is 0.518. The number of alkyl halides is 1. The highest BCUT2D eigenvalue weighted by molar-refractivity contribution is 9.12. The average Bonchev–Trinajstić information content (AvgIpc) is 2.37. The van der Waals surface area contributed by atoms with Gasteiger partial charge < -0.3 is 0 Å². The Morgan fingerprint density at radius 1 is 1.43 bits per heavy atom. The van der Waals surface area contributed by atoms with E-state index < -0.39 is 0 Å². The van der Waals surface area contributed by atoms with E-state index in [1.165, 1.54) is 38.8 Å². The van der Waals surface area contributed by atoms with Gasteiger partial charge in [0.1, 0.15) is 0 Å². The van der Waals surface area contributed by atoms with Crippen LogP contribution in [-0.2, 0) is 0 Å². The molecule has 14 heavy (non-hydrogen) atoms. The van der Waals surface area contributed by atoms with Crippen LogP contribution in [0.25, 0.3) is 0 Å². The molecule has 1 saturated carbocycles. The van der Waals surface area contributed by atoms with Gasteiger partial charge in [0, 0.05) is 4.83 Å².